The summed E-state index contributed by atoms with van der Waals surface area (Å²) in [5.41, 5.74) is 2.48. The summed E-state index contributed by atoms with van der Waals surface area (Å²) in [6.07, 6.45) is 2.13. The standard InChI is InChI=1S/C13H17FN2/c1-16-7-6-15-13-11-4-3-10(14)8-9(11)2-5-12(13)16/h3-4,8,12-13,15H,2,5-7H2,1H3. The summed E-state index contributed by atoms with van der Waals surface area (Å²) < 4.78 is 13.2. The molecule has 1 aromatic carbocycles. The second-order valence-corrected chi connectivity index (χ2v) is 4.86. The average molecular weight is 220 g/mol. The van der Waals surface area contributed by atoms with E-state index in [9.17, 15) is 4.39 Å². The molecule has 86 valence electrons. The number of fused-ring (bicyclic) bond motifs is 3. The molecule has 0 spiro atoms. The quantitative estimate of drug-likeness (QED) is 0.716. The van der Waals surface area contributed by atoms with E-state index in [0.29, 0.717) is 12.1 Å². The van der Waals surface area contributed by atoms with Gasteiger partial charge in [-0.15, -0.1) is 0 Å². The van der Waals surface area contributed by atoms with Gasteiger partial charge in [0.05, 0.1) is 0 Å². The topological polar surface area (TPSA) is 15.3 Å². The van der Waals surface area contributed by atoms with Crippen molar-refractivity contribution < 1.29 is 4.39 Å². The van der Waals surface area contributed by atoms with Gasteiger partial charge in [0.2, 0.25) is 0 Å². The van der Waals surface area contributed by atoms with Crippen molar-refractivity contribution in [3.63, 3.8) is 0 Å². The summed E-state index contributed by atoms with van der Waals surface area (Å²) in [6, 6.07) is 6.20. The van der Waals surface area contributed by atoms with Crippen molar-refractivity contribution in [1.29, 1.82) is 0 Å². The summed E-state index contributed by atoms with van der Waals surface area (Å²) in [6.45, 7) is 2.13. The summed E-state index contributed by atoms with van der Waals surface area (Å²) in [5.74, 6) is -0.110. The molecule has 2 unspecified atom stereocenters. The fourth-order valence-corrected chi connectivity index (χ4v) is 3.05. The highest BCUT2D eigenvalue weighted by molar-refractivity contribution is 5.35. The van der Waals surface area contributed by atoms with E-state index in [-0.39, 0.29) is 5.82 Å². The molecule has 0 radical (unpaired) electrons. The third-order valence-electron chi connectivity index (χ3n) is 3.93. The van der Waals surface area contributed by atoms with Crippen LogP contribution in [0.5, 0.6) is 0 Å². The Morgan fingerprint density at radius 2 is 2.31 bits per heavy atom. The molecular weight excluding hydrogens is 203 g/mol. The normalized spacial score (nSPS) is 29.6. The Balaban J connectivity index is 1.99. The number of hydrogen-bond donors (Lipinski definition) is 1. The van der Waals surface area contributed by atoms with Gasteiger partial charge in [0.1, 0.15) is 5.82 Å². The van der Waals surface area contributed by atoms with Crippen LogP contribution in [0.4, 0.5) is 4.39 Å². The van der Waals surface area contributed by atoms with E-state index < -0.39 is 0 Å². The molecular formula is C13H17FN2. The van der Waals surface area contributed by atoms with Gasteiger partial charge in [-0.2, -0.15) is 0 Å². The second-order valence-electron chi connectivity index (χ2n) is 4.86. The molecule has 0 amide bonds. The zero-order valence-electron chi connectivity index (χ0n) is 9.54. The van der Waals surface area contributed by atoms with E-state index >= 15 is 0 Å². The molecule has 3 rings (SSSR count). The maximum Gasteiger partial charge on any atom is 0.123 e. The number of halogens is 1. The van der Waals surface area contributed by atoms with Crippen molar-refractivity contribution in [2.45, 2.75) is 24.9 Å². The highest BCUT2D eigenvalue weighted by Gasteiger charge is 2.34. The minimum Gasteiger partial charge on any atom is -0.307 e. The first kappa shape index (κ1) is 10.2. The van der Waals surface area contributed by atoms with Crippen molar-refractivity contribution in [1.82, 2.24) is 10.2 Å². The van der Waals surface area contributed by atoms with Crippen LogP contribution >= 0.6 is 0 Å². The molecule has 1 aliphatic heterocycles. The fourth-order valence-electron chi connectivity index (χ4n) is 3.05. The number of nitrogens with zero attached hydrogens (tertiary/aromatic N) is 1. The SMILES string of the molecule is CN1CCNC2c3ccc(F)cc3CCC21. The molecule has 1 heterocycles. The molecule has 1 saturated heterocycles. The molecule has 1 N–H and O–H groups in total. The molecule has 1 aliphatic carbocycles. The van der Waals surface area contributed by atoms with Gasteiger partial charge in [0, 0.05) is 25.2 Å². The third kappa shape index (κ3) is 1.55. The van der Waals surface area contributed by atoms with Gasteiger partial charge in [-0.3, -0.25) is 0 Å². The molecule has 2 atom stereocenters. The molecule has 3 heteroatoms. The van der Waals surface area contributed by atoms with E-state index in [1.54, 1.807) is 12.1 Å². The summed E-state index contributed by atoms with van der Waals surface area (Å²) >= 11 is 0. The summed E-state index contributed by atoms with van der Waals surface area (Å²) in [7, 11) is 2.19. The van der Waals surface area contributed by atoms with Crippen LogP contribution in [0.25, 0.3) is 0 Å². The summed E-state index contributed by atoms with van der Waals surface area (Å²) in [4.78, 5) is 2.42. The molecule has 1 fully saturated rings. The Hall–Kier alpha value is -0.930. The van der Waals surface area contributed by atoms with E-state index in [1.807, 2.05) is 6.07 Å². The fraction of sp³-hybridized carbons (Fsp3) is 0.538. The van der Waals surface area contributed by atoms with Crippen LogP contribution in [-0.2, 0) is 6.42 Å². The number of aryl methyl sites for hydroxylation is 1. The van der Waals surface area contributed by atoms with Crippen LogP contribution in [0.15, 0.2) is 18.2 Å². The van der Waals surface area contributed by atoms with Crippen LogP contribution < -0.4 is 5.32 Å². The highest BCUT2D eigenvalue weighted by atomic mass is 19.1. The lowest BCUT2D eigenvalue weighted by atomic mass is 9.82. The van der Waals surface area contributed by atoms with Gasteiger partial charge in [0.15, 0.2) is 0 Å². The Morgan fingerprint density at radius 3 is 3.19 bits per heavy atom. The highest BCUT2D eigenvalue weighted by Crippen LogP contribution is 2.34. The zero-order valence-corrected chi connectivity index (χ0v) is 9.54. The van der Waals surface area contributed by atoms with Crippen molar-refractivity contribution in [3.8, 4) is 0 Å². The van der Waals surface area contributed by atoms with E-state index in [0.717, 1.165) is 25.9 Å². The number of piperazine rings is 1. The molecule has 0 saturated carbocycles. The van der Waals surface area contributed by atoms with Crippen molar-refractivity contribution in [2.75, 3.05) is 20.1 Å². The average Bonchev–Trinajstić information content (AvgIpc) is 2.28. The maximum absolute atomic E-state index is 13.2. The Kier molecular flexibility index (Phi) is 2.45. The predicted molar refractivity (Wildman–Crippen MR) is 61.9 cm³/mol. The summed E-state index contributed by atoms with van der Waals surface area (Å²) in [5, 5.41) is 3.56. The predicted octanol–water partition coefficient (Wildman–Crippen LogP) is 1.72. The number of benzene rings is 1. The monoisotopic (exact) mass is 220 g/mol. The molecule has 16 heavy (non-hydrogen) atoms. The number of rotatable bonds is 0. The second kappa shape index (κ2) is 3.82. The molecule has 2 aliphatic rings. The van der Waals surface area contributed by atoms with Crippen LogP contribution in [0.2, 0.25) is 0 Å². The van der Waals surface area contributed by atoms with Gasteiger partial charge in [0.25, 0.3) is 0 Å². The number of likely N-dealkylation sites (N-methyl/N-ethyl adjacent to an activating group) is 1. The van der Waals surface area contributed by atoms with Gasteiger partial charge < -0.3 is 10.2 Å². The van der Waals surface area contributed by atoms with Crippen LogP contribution in [0.3, 0.4) is 0 Å². The minimum atomic E-state index is -0.110. The smallest absolute Gasteiger partial charge is 0.123 e. The van der Waals surface area contributed by atoms with Crippen molar-refractivity contribution in [2.24, 2.45) is 0 Å². The zero-order chi connectivity index (χ0) is 11.1. The first-order valence-electron chi connectivity index (χ1n) is 5.97. The molecule has 2 nitrogen and oxygen atoms in total. The number of nitrogens with one attached hydrogen (secondary N) is 1. The maximum atomic E-state index is 13.2. The van der Waals surface area contributed by atoms with Crippen molar-refractivity contribution in [3.05, 3.63) is 35.1 Å². The Bertz CT molecular complexity index is 405. The third-order valence-corrected chi connectivity index (χ3v) is 3.93. The van der Waals surface area contributed by atoms with Crippen molar-refractivity contribution >= 4 is 0 Å². The molecule has 0 aromatic heterocycles. The van der Waals surface area contributed by atoms with Gasteiger partial charge >= 0.3 is 0 Å². The number of hydrogen-bond acceptors (Lipinski definition) is 2. The lowest BCUT2D eigenvalue weighted by Gasteiger charge is -2.43. The van der Waals surface area contributed by atoms with Crippen LogP contribution in [-0.4, -0.2) is 31.1 Å². The lowest BCUT2D eigenvalue weighted by molar-refractivity contribution is 0.134. The minimum absolute atomic E-state index is 0.110. The van der Waals surface area contributed by atoms with Gasteiger partial charge in [-0.25, -0.2) is 4.39 Å². The first-order chi connectivity index (χ1) is 7.75. The van der Waals surface area contributed by atoms with E-state index in [2.05, 4.69) is 17.3 Å². The van der Waals surface area contributed by atoms with Gasteiger partial charge in [-0.1, -0.05) is 6.07 Å². The van der Waals surface area contributed by atoms with Gasteiger partial charge in [-0.05, 0) is 43.1 Å². The molecule has 1 aromatic rings. The molecule has 0 bridgehead atoms. The van der Waals surface area contributed by atoms with E-state index in [1.165, 1.54) is 11.1 Å². The van der Waals surface area contributed by atoms with E-state index in [4.69, 9.17) is 0 Å². The van der Waals surface area contributed by atoms with Crippen LogP contribution in [0.1, 0.15) is 23.6 Å². The lowest BCUT2D eigenvalue weighted by Crippen LogP contribution is -2.53. The first-order valence-corrected chi connectivity index (χ1v) is 5.97. The Morgan fingerprint density at radius 1 is 1.44 bits per heavy atom. The largest absolute Gasteiger partial charge is 0.307 e. The Labute approximate surface area is 95.4 Å². The van der Waals surface area contributed by atoms with Crippen LogP contribution in [0, 0.1) is 5.82 Å².